The molecule has 0 spiro atoms. The molecule has 154 valence electrons. The summed E-state index contributed by atoms with van der Waals surface area (Å²) in [7, 11) is -3.39. The summed E-state index contributed by atoms with van der Waals surface area (Å²) < 4.78 is 51.0. The Morgan fingerprint density at radius 2 is 1.70 bits per heavy atom. The highest BCUT2D eigenvalue weighted by atomic mass is 32.2. The molecule has 1 aromatic heterocycles. The normalized spacial score (nSPS) is 21.2. The molecule has 0 bridgehead atoms. The van der Waals surface area contributed by atoms with Crippen LogP contribution in [0.3, 0.4) is 0 Å². The highest BCUT2D eigenvalue weighted by Gasteiger charge is 2.45. The first-order valence-electron chi connectivity index (χ1n) is 9.25. The van der Waals surface area contributed by atoms with Crippen LogP contribution in [-0.4, -0.2) is 31.5 Å². The van der Waals surface area contributed by atoms with Crippen molar-refractivity contribution >= 4 is 15.7 Å². The number of sulfone groups is 1. The number of hydrogen-bond donors (Lipinski definition) is 1. The molecule has 3 aromatic rings. The number of aliphatic imine (C=N–C) groups is 1. The lowest BCUT2D eigenvalue weighted by atomic mass is 9.79. The molecule has 1 N–H and O–H groups in total. The lowest BCUT2D eigenvalue weighted by molar-refractivity contribution is 0.449. The molecule has 0 saturated carbocycles. The molecule has 1 aliphatic heterocycles. The lowest BCUT2D eigenvalue weighted by Gasteiger charge is -2.31. The molecule has 4 rings (SSSR count). The van der Waals surface area contributed by atoms with Gasteiger partial charge in [0.05, 0.1) is 10.9 Å². The predicted molar refractivity (Wildman–Crippen MR) is 110 cm³/mol. The quantitative estimate of drug-likeness (QED) is 0.648. The van der Waals surface area contributed by atoms with Crippen LogP contribution in [0.2, 0.25) is 0 Å². The van der Waals surface area contributed by atoms with Gasteiger partial charge in [-0.15, -0.1) is 0 Å². The van der Waals surface area contributed by atoms with Crippen LogP contribution in [0.5, 0.6) is 0 Å². The fourth-order valence-electron chi connectivity index (χ4n) is 3.74. The van der Waals surface area contributed by atoms with Gasteiger partial charge in [0.25, 0.3) is 0 Å². The maximum atomic E-state index is 13.6. The predicted octanol–water partition coefficient (Wildman–Crippen LogP) is 3.45. The van der Waals surface area contributed by atoms with E-state index in [0.717, 1.165) is 6.26 Å². The zero-order valence-electron chi connectivity index (χ0n) is 16.3. The van der Waals surface area contributed by atoms with E-state index in [1.54, 1.807) is 36.4 Å². The topological polar surface area (TPSA) is 71.4 Å². The third-order valence-electron chi connectivity index (χ3n) is 5.26. The fraction of sp³-hybridized carbons (Fsp3) is 0.182. The molecule has 2 atom stereocenters. The molecule has 5 nitrogen and oxygen atoms in total. The molecule has 0 unspecified atom stereocenters. The van der Waals surface area contributed by atoms with Crippen LogP contribution < -0.4 is 5.32 Å². The Bertz CT molecular complexity index is 1180. The lowest BCUT2D eigenvalue weighted by Crippen LogP contribution is -2.41. The average molecular weight is 427 g/mol. The molecular formula is C22H19F2N3O2S. The van der Waals surface area contributed by atoms with Crippen molar-refractivity contribution in [3.05, 3.63) is 95.3 Å². The SMILES string of the molecule is C[C@@H]1NC(c2cccc(S(C)(=O)=O)c2)=N[C@]1(c1ccc(F)cc1)c1ccc(F)nc1. The Labute approximate surface area is 173 Å². The summed E-state index contributed by atoms with van der Waals surface area (Å²) in [5.74, 6) is -0.506. The zero-order valence-corrected chi connectivity index (χ0v) is 17.1. The third kappa shape index (κ3) is 3.47. The van der Waals surface area contributed by atoms with E-state index in [1.807, 2.05) is 6.92 Å². The molecule has 2 heterocycles. The molecule has 0 amide bonds. The van der Waals surface area contributed by atoms with Gasteiger partial charge in [-0.1, -0.05) is 30.3 Å². The molecule has 8 heteroatoms. The van der Waals surface area contributed by atoms with E-state index in [0.29, 0.717) is 22.5 Å². The van der Waals surface area contributed by atoms with Gasteiger partial charge < -0.3 is 5.32 Å². The Kier molecular flexibility index (Phi) is 4.89. The van der Waals surface area contributed by atoms with Crippen LogP contribution in [-0.2, 0) is 15.4 Å². The second-order valence-corrected chi connectivity index (χ2v) is 9.29. The van der Waals surface area contributed by atoms with Crippen LogP contribution in [0, 0.1) is 11.8 Å². The average Bonchev–Trinajstić information content (AvgIpc) is 3.07. The number of rotatable bonds is 4. The van der Waals surface area contributed by atoms with Crippen LogP contribution in [0.25, 0.3) is 0 Å². The highest BCUT2D eigenvalue weighted by molar-refractivity contribution is 7.90. The number of amidine groups is 1. The Hall–Kier alpha value is -3.13. The number of benzene rings is 2. The first-order valence-corrected chi connectivity index (χ1v) is 11.1. The molecule has 30 heavy (non-hydrogen) atoms. The summed E-state index contributed by atoms with van der Waals surface area (Å²) in [5, 5.41) is 3.31. The van der Waals surface area contributed by atoms with Crippen molar-refractivity contribution in [2.45, 2.75) is 23.4 Å². The van der Waals surface area contributed by atoms with Gasteiger partial charge in [-0.2, -0.15) is 4.39 Å². The van der Waals surface area contributed by atoms with E-state index in [1.165, 1.54) is 30.5 Å². The fourth-order valence-corrected chi connectivity index (χ4v) is 4.40. The molecular weight excluding hydrogens is 408 g/mol. The molecule has 2 aromatic carbocycles. The second-order valence-electron chi connectivity index (χ2n) is 7.27. The first-order chi connectivity index (χ1) is 14.2. The van der Waals surface area contributed by atoms with Gasteiger partial charge in [-0.3, -0.25) is 0 Å². The second kappa shape index (κ2) is 7.28. The number of nitrogens with zero attached hydrogens (tertiary/aromatic N) is 2. The minimum Gasteiger partial charge on any atom is -0.364 e. The number of pyridine rings is 1. The third-order valence-corrected chi connectivity index (χ3v) is 6.37. The highest BCUT2D eigenvalue weighted by Crippen LogP contribution is 2.40. The van der Waals surface area contributed by atoms with E-state index in [4.69, 9.17) is 4.99 Å². The van der Waals surface area contributed by atoms with Crippen LogP contribution in [0.4, 0.5) is 8.78 Å². The summed E-state index contributed by atoms with van der Waals surface area (Å²) in [6.45, 7) is 1.91. The Morgan fingerprint density at radius 3 is 2.33 bits per heavy atom. The smallest absolute Gasteiger partial charge is 0.212 e. The van der Waals surface area contributed by atoms with Crippen molar-refractivity contribution in [3.8, 4) is 0 Å². The first kappa shape index (κ1) is 20.2. The largest absolute Gasteiger partial charge is 0.364 e. The van der Waals surface area contributed by atoms with E-state index in [9.17, 15) is 17.2 Å². The van der Waals surface area contributed by atoms with E-state index in [2.05, 4.69) is 10.3 Å². The summed E-state index contributed by atoms with van der Waals surface area (Å²) >= 11 is 0. The monoisotopic (exact) mass is 427 g/mol. The summed E-state index contributed by atoms with van der Waals surface area (Å²) in [6, 6.07) is 15.0. The van der Waals surface area contributed by atoms with Crippen molar-refractivity contribution < 1.29 is 17.2 Å². The van der Waals surface area contributed by atoms with Gasteiger partial charge in [0.15, 0.2) is 9.84 Å². The van der Waals surface area contributed by atoms with Gasteiger partial charge in [0.2, 0.25) is 5.95 Å². The Balaban J connectivity index is 1.91. The zero-order chi connectivity index (χ0) is 21.5. The van der Waals surface area contributed by atoms with Crippen LogP contribution in [0.1, 0.15) is 23.6 Å². The number of aromatic nitrogens is 1. The standard InChI is InChI=1S/C22H19F2N3O2S/c1-14-22(16-6-9-18(23)10-7-16,17-8-11-20(24)25-13-17)27-21(26-14)15-4-3-5-19(12-15)30(2,28)29/h3-14H,1-2H3,(H,26,27)/t14-,22+/m0/s1. The molecule has 0 saturated heterocycles. The van der Waals surface area contributed by atoms with Crippen LogP contribution >= 0.6 is 0 Å². The summed E-state index contributed by atoms with van der Waals surface area (Å²) in [5.41, 5.74) is 0.936. The van der Waals surface area contributed by atoms with Crippen molar-refractivity contribution in [2.75, 3.05) is 6.26 Å². The van der Waals surface area contributed by atoms with Crippen molar-refractivity contribution in [1.29, 1.82) is 0 Å². The summed E-state index contributed by atoms with van der Waals surface area (Å²) in [6.07, 6.45) is 2.56. The molecule has 0 aliphatic carbocycles. The van der Waals surface area contributed by atoms with Crippen molar-refractivity contribution in [2.24, 2.45) is 4.99 Å². The van der Waals surface area contributed by atoms with E-state index in [-0.39, 0.29) is 16.8 Å². The van der Waals surface area contributed by atoms with Gasteiger partial charge in [0.1, 0.15) is 17.2 Å². The number of halogens is 2. The van der Waals surface area contributed by atoms with Gasteiger partial charge in [-0.25, -0.2) is 22.8 Å². The molecule has 1 aliphatic rings. The summed E-state index contributed by atoms with van der Waals surface area (Å²) in [4.78, 5) is 8.87. The van der Waals surface area contributed by atoms with Crippen molar-refractivity contribution in [3.63, 3.8) is 0 Å². The number of hydrogen-bond acceptors (Lipinski definition) is 5. The minimum atomic E-state index is -3.39. The van der Waals surface area contributed by atoms with Gasteiger partial charge >= 0.3 is 0 Å². The van der Waals surface area contributed by atoms with Gasteiger partial charge in [0, 0.05) is 23.6 Å². The van der Waals surface area contributed by atoms with E-state index >= 15 is 0 Å². The molecule has 0 fully saturated rings. The van der Waals surface area contributed by atoms with Crippen molar-refractivity contribution in [1.82, 2.24) is 10.3 Å². The number of nitrogens with one attached hydrogen (secondary N) is 1. The maximum Gasteiger partial charge on any atom is 0.212 e. The Morgan fingerprint density at radius 1 is 1.00 bits per heavy atom. The maximum absolute atomic E-state index is 13.6. The van der Waals surface area contributed by atoms with Gasteiger partial charge in [-0.05, 0) is 42.8 Å². The van der Waals surface area contributed by atoms with Crippen LogP contribution in [0.15, 0.2) is 76.7 Å². The van der Waals surface area contributed by atoms with E-state index < -0.39 is 21.3 Å². The molecule has 0 radical (unpaired) electrons. The minimum absolute atomic E-state index is 0.180.